The van der Waals surface area contributed by atoms with Crippen LogP contribution in [0.4, 0.5) is 0 Å². The number of carbonyl (C=O) groups is 1. The van der Waals surface area contributed by atoms with Crippen molar-refractivity contribution in [2.45, 2.75) is 45.1 Å². The lowest BCUT2D eigenvalue weighted by molar-refractivity contribution is -0.121. The van der Waals surface area contributed by atoms with Gasteiger partial charge in [0.15, 0.2) is 0 Å². The summed E-state index contributed by atoms with van der Waals surface area (Å²) in [6.07, 6.45) is 4.47. The molecule has 0 spiro atoms. The monoisotopic (exact) mass is 361 g/mol. The van der Waals surface area contributed by atoms with E-state index in [1.165, 1.54) is 29.5 Å². The SMILES string of the molecule is CC(NC(=O)CCc1c(Cl)cccc1Cl)c1ccc2c(c1)CCC2. The van der Waals surface area contributed by atoms with E-state index >= 15 is 0 Å². The standard InChI is InChI=1S/C20H21Cl2NO/c1-13(15-9-8-14-4-2-5-16(14)12-15)23-20(24)11-10-17-18(21)6-3-7-19(17)22/h3,6-9,12-13H,2,4-5,10-11H2,1H3,(H,23,24). The zero-order valence-electron chi connectivity index (χ0n) is 13.7. The summed E-state index contributed by atoms with van der Waals surface area (Å²) in [5.74, 6) is 0.0129. The number of carbonyl (C=O) groups excluding carboxylic acids is 1. The molecule has 1 N–H and O–H groups in total. The van der Waals surface area contributed by atoms with Crippen LogP contribution in [0.2, 0.25) is 10.0 Å². The van der Waals surface area contributed by atoms with Gasteiger partial charge in [-0.15, -0.1) is 0 Å². The molecule has 126 valence electrons. The van der Waals surface area contributed by atoms with E-state index in [1.807, 2.05) is 13.0 Å². The number of halogens is 2. The average molecular weight is 362 g/mol. The number of benzene rings is 2. The van der Waals surface area contributed by atoms with Crippen LogP contribution in [0.1, 0.15) is 48.1 Å². The van der Waals surface area contributed by atoms with E-state index in [0.29, 0.717) is 22.9 Å². The predicted molar refractivity (Wildman–Crippen MR) is 99.8 cm³/mol. The molecule has 0 saturated heterocycles. The molecule has 0 aliphatic heterocycles. The second-order valence-electron chi connectivity index (χ2n) is 6.37. The van der Waals surface area contributed by atoms with Crippen molar-refractivity contribution in [2.24, 2.45) is 0 Å². The Morgan fingerprint density at radius 1 is 1.12 bits per heavy atom. The summed E-state index contributed by atoms with van der Waals surface area (Å²) in [6.45, 7) is 2.02. The number of nitrogens with one attached hydrogen (secondary N) is 1. The van der Waals surface area contributed by atoms with Crippen molar-refractivity contribution in [3.8, 4) is 0 Å². The lowest BCUT2D eigenvalue weighted by atomic mass is 10.0. The second kappa shape index (κ2) is 7.58. The van der Waals surface area contributed by atoms with Crippen molar-refractivity contribution in [1.82, 2.24) is 5.32 Å². The highest BCUT2D eigenvalue weighted by atomic mass is 35.5. The maximum absolute atomic E-state index is 12.3. The van der Waals surface area contributed by atoms with Crippen LogP contribution in [0.25, 0.3) is 0 Å². The fourth-order valence-electron chi connectivity index (χ4n) is 3.27. The van der Waals surface area contributed by atoms with Gasteiger partial charge in [-0.1, -0.05) is 47.5 Å². The Hall–Kier alpha value is -1.51. The van der Waals surface area contributed by atoms with E-state index in [0.717, 1.165) is 12.0 Å². The Labute approximate surface area is 153 Å². The van der Waals surface area contributed by atoms with E-state index in [4.69, 9.17) is 23.2 Å². The Balaban J connectivity index is 1.58. The first kappa shape index (κ1) is 17.3. The summed E-state index contributed by atoms with van der Waals surface area (Å²) in [6, 6.07) is 12.0. The maximum Gasteiger partial charge on any atom is 0.220 e. The van der Waals surface area contributed by atoms with Gasteiger partial charge in [0, 0.05) is 16.5 Å². The lowest BCUT2D eigenvalue weighted by Gasteiger charge is -2.16. The van der Waals surface area contributed by atoms with Gasteiger partial charge < -0.3 is 5.32 Å². The number of hydrogen-bond acceptors (Lipinski definition) is 1. The van der Waals surface area contributed by atoms with E-state index in [2.05, 4.69) is 23.5 Å². The van der Waals surface area contributed by atoms with Crippen molar-refractivity contribution in [2.75, 3.05) is 0 Å². The molecule has 2 aromatic rings. The summed E-state index contributed by atoms with van der Waals surface area (Å²) in [5.41, 5.74) is 4.88. The number of fused-ring (bicyclic) bond motifs is 1. The fourth-order valence-corrected chi connectivity index (χ4v) is 3.85. The van der Waals surface area contributed by atoms with Crippen molar-refractivity contribution in [3.05, 3.63) is 68.7 Å². The van der Waals surface area contributed by atoms with E-state index in [-0.39, 0.29) is 11.9 Å². The molecule has 24 heavy (non-hydrogen) atoms. The van der Waals surface area contributed by atoms with Crippen LogP contribution in [0.3, 0.4) is 0 Å². The summed E-state index contributed by atoms with van der Waals surface area (Å²) < 4.78 is 0. The van der Waals surface area contributed by atoms with Gasteiger partial charge in [0.2, 0.25) is 5.91 Å². The Bertz CT molecular complexity index is 737. The molecular weight excluding hydrogens is 341 g/mol. The molecule has 0 bridgehead atoms. The third-order valence-corrected chi connectivity index (χ3v) is 5.37. The summed E-state index contributed by atoms with van der Waals surface area (Å²) in [5, 5.41) is 4.30. The van der Waals surface area contributed by atoms with Crippen molar-refractivity contribution < 1.29 is 4.79 Å². The average Bonchev–Trinajstić information content (AvgIpc) is 3.01. The summed E-state index contributed by atoms with van der Waals surface area (Å²) in [4.78, 5) is 12.3. The normalized spacial score (nSPS) is 14.3. The van der Waals surface area contributed by atoms with E-state index < -0.39 is 0 Å². The number of hydrogen-bond donors (Lipinski definition) is 1. The molecule has 2 nitrogen and oxygen atoms in total. The maximum atomic E-state index is 12.3. The Kier molecular flexibility index (Phi) is 5.47. The Morgan fingerprint density at radius 3 is 2.58 bits per heavy atom. The van der Waals surface area contributed by atoms with Crippen LogP contribution >= 0.6 is 23.2 Å². The van der Waals surface area contributed by atoms with Crippen molar-refractivity contribution in [1.29, 1.82) is 0 Å². The lowest BCUT2D eigenvalue weighted by Crippen LogP contribution is -2.27. The van der Waals surface area contributed by atoms with Crippen molar-refractivity contribution in [3.63, 3.8) is 0 Å². The van der Waals surface area contributed by atoms with Crippen LogP contribution in [0, 0.1) is 0 Å². The van der Waals surface area contributed by atoms with Crippen LogP contribution in [0.5, 0.6) is 0 Å². The molecule has 0 aromatic heterocycles. The highest BCUT2D eigenvalue weighted by Gasteiger charge is 2.15. The molecule has 4 heteroatoms. The third kappa shape index (κ3) is 3.93. The summed E-state index contributed by atoms with van der Waals surface area (Å²) in [7, 11) is 0. The molecule has 1 atom stereocenters. The fraction of sp³-hybridized carbons (Fsp3) is 0.350. The van der Waals surface area contributed by atoms with Crippen molar-refractivity contribution >= 4 is 29.1 Å². The van der Waals surface area contributed by atoms with Crippen LogP contribution in [-0.2, 0) is 24.1 Å². The minimum absolute atomic E-state index is 0.00474. The molecule has 0 saturated carbocycles. The highest BCUT2D eigenvalue weighted by molar-refractivity contribution is 6.36. The van der Waals surface area contributed by atoms with Gasteiger partial charge in [0.1, 0.15) is 0 Å². The molecule has 0 radical (unpaired) electrons. The van der Waals surface area contributed by atoms with E-state index in [9.17, 15) is 4.79 Å². The predicted octanol–water partition coefficient (Wildman–Crippen LogP) is 5.29. The van der Waals surface area contributed by atoms with Gasteiger partial charge in [0.25, 0.3) is 0 Å². The highest BCUT2D eigenvalue weighted by Crippen LogP contribution is 2.27. The molecule has 0 fully saturated rings. The Morgan fingerprint density at radius 2 is 1.83 bits per heavy atom. The molecule has 0 heterocycles. The first-order valence-corrected chi connectivity index (χ1v) is 9.14. The number of amides is 1. The van der Waals surface area contributed by atoms with Crippen LogP contribution < -0.4 is 5.32 Å². The molecule has 2 aromatic carbocycles. The van der Waals surface area contributed by atoms with Gasteiger partial charge in [-0.3, -0.25) is 4.79 Å². The van der Waals surface area contributed by atoms with Crippen LogP contribution in [-0.4, -0.2) is 5.91 Å². The van der Waals surface area contributed by atoms with Gasteiger partial charge in [0.05, 0.1) is 6.04 Å². The first-order valence-electron chi connectivity index (χ1n) is 8.38. The summed E-state index contributed by atoms with van der Waals surface area (Å²) >= 11 is 12.3. The smallest absolute Gasteiger partial charge is 0.220 e. The molecule has 1 aliphatic rings. The zero-order valence-corrected chi connectivity index (χ0v) is 15.3. The molecule has 1 unspecified atom stereocenters. The molecule has 1 aliphatic carbocycles. The number of aryl methyl sites for hydroxylation is 2. The minimum atomic E-state index is 0.00474. The van der Waals surface area contributed by atoms with Crippen LogP contribution in [0.15, 0.2) is 36.4 Å². The topological polar surface area (TPSA) is 29.1 Å². The number of rotatable bonds is 5. The minimum Gasteiger partial charge on any atom is -0.350 e. The third-order valence-electron chi connectivity index (χ3n) is 4.66. The molecular formula is C20H21Cl2NO. The zero-order chi connectivity index (χ0) is 17.1. The van der Waals surface area contributed by atoms with E-state index in [1.54, 1.807) is 12.1 Å². The quantitative estimate of drug-likeness (QED) is 0.769. The molecule has 3 rings (SSSR count). The van der Waals surface area contributed by atoms with Gasteiger partial charge in [-0.25, -0.2) is 0 Å². The second-order valence-corrected chi connectivity index (χ2v) is 7.19. The van der Waals surface area contributed by atoms with Gasteiger partial charge in [-0.05, 0) is 67.0 Å². The van der Waals surface area contributed by atoms with Gasteiger partial charge in [-0.2, -0.15) is 0 Å². The first-order chi connectivity index (χ1) is 11.5. The van der Waals surface area contributed by atoms with Gasteiger partial charge >= 0.3 is 0 Å². The molecule has 1 amide bonds. The largest absolute Gasteiger partial charge is 0.350 e.